The molecule has 0 saturated carbocycles. The van der Waals surface area contributed by atoms with Crippen LogP contribution < -0.4 is 5.32 Å². The Morgan fingerprint density at radius 2 is 2.43 bits per heavy atom. The number of nitrogens with zero attached hydrogens (tertiary/aromatic N) is 2. The van der Waals surface area contributed by atoms with E-state index in [9.17, 15) is 4.79 Å². The smallest absolute Gasteiger partial charge is 0.288 e. The van der Waals surface area contributed by atoms with Crippen molar-refractivity contribution in [3.05, 3.63) is 12.2 Å². The first-order chi connectivity index (χ1) is 6.77. The lowest BCUT2D eigenvalue weighted by atomic mass is 10.1. The lowest BCUT2D eigenvalue weighted by molar-refractivity contribution is 0.0923. The molecule has 1 unspecified atom stereocenters. The number of aromatic amines is 1. The Hall–Kier alpha value is -1.39. The molecule has 0 saturated heterocycles. The molecule has 0 aliphatic heterocycles. The summed E-state index contributed by atoms with van der Waals surface area (Å²) >= 11 is 0. The Morgan fingerprint density at radius 1 is 1.64 bits per heavy atom. The highest BCUT2D eigenvalue weighted by atomic mass is 16.2. The maximum atomic E-state index is 11.5. The summed E-state index contributed by atoms with van der Waals surface area (Å²) in [6, 6.07) is 0.234. The van der Waals surface area contributed by atoms with Gasteiger partial charge in [-0.2, -0.15) is 5.10 Å². The molecule has 1 rings (SSSR count). The zero-order chi connectivity index (χ0) is 10.4. The van der Waals surface area contributed by atoms with Gasteiger partial charge in [0.05, 0.1) is 0 Å². The van der Waals surface area contributed by atoms with E-state index in [0.717, 1.165) is 19.3 Å². The monoisotopic (exact) mass is 196 g/mol. The predicted molar refractivity (Wildman–Crippen MR) is 52.8 cm³/mol. The van der Waals surface area contributed by atoms with Crippen LogP contribution in [0.4, 0.5) is 0 Å². The van der Waals surface area contributed by atoms with Crippen LogP contribution in [0.2, 0.25) is 0 Å². The average Bonchev–Trinajstić information content (AvgIpc) is 2.69. The van der Waals surface area contributed by atoms with Gasteiger partial charge in [0.15, 0.2) is 0 Å². The Bertz CT molecular complexity index is 270. The van der Waals surface area contributed by atoms with Gasteiger partial charge in [-0.05, 0) is 12.8 Å². The molecule has 2 N–H and O–H groups in total. The van der Waals surface area contributed by atoms with E-state index in [2.05, 4.69) is 34.3 Å². The van der Waals surface area contributed by atoms with Gasteiger partial charge in [0.2, 0.25) is 5.82 Å². The zero-order valence-corrected chi connectivity index (χ0v) is 8.58. The maximum absolute atomic E-state index is 11.5. The van der Waals surface area contributed by atoms with Crippen LogP contribution in [0.1, 0.15) is 43.7 Å². The molecule has 0 radical (unpaired) electrons. The highest BCUT2D eigenvalue weighted by molar-refractivity contribution is 5.90. The molecule has 0 spiro atoms. The van der Waals surface area contributed by atoms with Crippen LogP contribution in [-0.4, -0.2) is 27.1 Å². The quantitative estimate of drug-likeness (QED) is 0.741. The Morgan fingerprint density at radius 3 is 2.93 bits per heavy atom. The van der Waals surface area contributed by atoms with Crippen molar-refractivity contribution in [1.29, 1.82) is 0 Å². The van der Waals surface area contributed by atoms with Crippen molar-refractivity contribution in [1.82, 2.24) is 20.5 Å². The van der Waals surface area contributed by atoms with Gasteiger partial charge in [0.1, 0.15) is 6.33 Å². The first-order valence-electron chi connectivity index (χ1n) is 4.94. The molecule has 1 amide bonds. The molecule has 78 valence electrons. The summed E-state index contributed by atoms with van der Waals surface area (Å²) in [7, 11) is 0. The molecule has 5 nitrogen and oxygen atoms in total. The summed E-state index contributed by atoms with van der Waals surface area (Å²) < 4.78 is 0. The minimum Gasteiger partial charge on any atom is -0.347 e. The molecule has 0 aliphatic carbocycles. The number of H-pyrrole nitrogens is 1. The van der Waals surface area contributed by atoms with Gasteiger partial charge >= 0.3 is 0 Å². The van der Waals surface area contributed by atoms with Gasteiger partial charge in [-0.15, -0.1) is 0 Å². The van der Waals surface area contributed by atoms with Gasteiger partial charge in [-0.3, -0.25) is 9.89 Å². The van der Waals surface area contributed by atoms with E-state index >= 15 is 0 Å². The van der Waals surface area contributed by atoms with Crippen LogP contribution in [-0.2, 0) is 0 Å². The fraction of sp³-hybridized carbons (Fsp3) is 0.667. The van der Waals surface area contributed by atoms with Crippen LogP contribution in [0.25, 0.3) is 0 Å². The summed E-state index contributed by atoms with van der Waals surface area (Å²) in [4.78, 5) is 15.3. The van der Waals surface area contributed by atoms with Crippen molar-refractivity contribution in [2.24, 2.45) is 0 Å². The van der Waals surface area contributed by atoms with Crippen molar-refractivity contribution in [3.63, 3.8) is 0 Å². The van der Waals surface area contributed by atoms with Gasteiger partial charge in [-0.1, -0.05) is 20.3 Å². The fourth-order valence-corrected chi connectivity index (χ4v) is 1.30. The minimum absolute atomic E-state index is 0.178. The van der Waals surface area contributed by atoms with Crippen LogP contribution in [0.5, 0.6) is 0 Å². The number of carbonyl (C=O) groups excluding carboxylic acids is 1. The van der Waals surface area contributed by atoms with E-state index in [1.54, 1.807) is 0 Å². The molecule has 1 heterocycles. The summed E-state index contributed by atoms with van der Waals surface area (Å²) in [5, 5.41) is 9.06. The van der Waals surface area contributed by atoms with E-state index in [1.807, 2.05) is 0 Å². The molecule has 1 aromatic rings. The first-order valence-corrected chi connectivity index (χ1v) is 4.94. The van der Waals surface area contributed by atoms with Crippen LogP contribution in [0, 0.1) is 0 Å². The standard InChI is InChI=1S/C9H16N4O/c1-3-5-7(4-2)12-9(14)8-10-6-11-13-8/h6-7H,3-5H2,1-2H3,(H,12,14)(H,10,11,13). The fourth-order valence-electron chi connectivity index (χ4n) is 1.30. The second-order valence-corrected chi connectivity index (χ2v) is 3.20. The summed E-state index contributed by atoms with van der Waals surface area (Å²) in [5.41, 5.74) is 0. The number of amides is 1. The largest absolute Gasteiger partial charge is 0.347 e. The summed E-state index contributed by atoms with van der Waals surface area (Å²) in [6.45, 7) is 4.16. The highest BCUT2D eigenvalue weighted by Gasteiger charge is 2.12. The zero-order valence-electron chi connectivity index (χ0n) is 8.58. The second-order valence-electron chi connectivity index (χ2n) is 3.20. The van der Waals surface area contributed by atoms with Gasteiger partial charge in [0, 0.05) is 6.04 Å². The van der Waals surface area contributed by atoms with Crippen molar-refractivity contribution >= 4 is 5.91 Å². The number of hydrogen-bond acceptors (Lipinski definition) is 3. The Labute approximate surface area is 83.3 Å². The van der Waals surface area contributed by atoms with Crippen LogP contribution in [0.3, 0.4) is 0 Å². The Kier molecular flexibility index (Phi) is 4.10. The molecule has 0 aromatic carbocycles. The molecular weight excluding hydrogens is 180 g/mol. The molecular formula is C9H16N4O. The van der Waals surface area contributed by atoms with Crippen molar-refractivity contribution in [3.8, 4) is 0 Å². The topological polar surface area (TPSA) is 70.7 Å². The molecule has 0 bridgehead atoms. The highest BCUT2D eigenvalue weighted by Crippen LogP contribution is 2.01. The SMILES string of the molecule is CCCC(CC)NC(=O)c1ncn[nH]1. The number of hydrogen-bond donors (Lipinski definition) is 2. The van der Waals surface area contributed by atoms with Crippen molar-refractivity contribution in [2.75, 3.05) is 0 Å². The number of aromatic nitrogens is 3. The molecule has 1 aromatic heterocycles. The Balaban J connectivity index is 2.47. The first kappa shape index (κ1) is 10.7. The van der Waals surface area contributed by atoms with E-state index in [4.69, 9.17) is 0 Å². The lowest BCUT2D eigenvalue weighted by Gasteiger charge is -2.14. The molecule has 1 atom stereocenters. The summed E-state index contributed by atoms with van der Waals surface area (Å²) in [6.07, 6.45) is 4.33. The average molecular weight is 196 g/mol. The molecule has 5 heteroatoms. The van der Waals surface area contributed by atoms with Gasteiger partial charge in [0.25, 0.3) is 5.91 Å². The summed E-state index contributed by atoms with van der Waals surface area (Å²) in [5.74, 6) is 0.0994. The third-order valence-electron chi connectivity index (χ3n) is 2.10. The van der Waals surface area contributed by atoms with Gasteiger partial charge in [-0.25, -0.2) is 4.98 Å². The lowest BCUT2D eigenvalue weighted by Crippen LogP contribution is -2.34. The number of nitrogens with one attached hydrogen (secondary N) is 2. The van der Waals surface area contributed by atoms with E-state index in [-0.39, 0.29) is 17.8 Å². The third-order valence-corrected chi connectivity index (χ3v) is 2.10. The van der Waals surface area contributed by atoms with Crippen molar-refractivity contribution in [2.45, 2.75) is 39.2 Å². The van der Waals surface area contributed by atoms with Crippen molar-refractivity contribution < 1.29 is 4.79 Å². The minimum atomic E-state index is -0.178. The van der Waals surface area contributed by atoms with Gasteiger partial charge < -0.3 is 5.32 Å². The predicted octanol–water partition coefficient (Wildman–Crippen LogP) is 1.11. The molecule has 14 heavy (non-hydrogen) atoms. The molecule has 0 aliphatic rings. The number of carbonyl (C=O) groups is 1. The second kappa shape index (κ2) is 5.36. The normalized spacial score (nSPS) is 12.4. The van der Waals surface area contributed by atoms with E-state index < -0.39 is 0 Å². The van der Waals surface area contributed by atoms with E-state index in [0.29, 0.717) is 0 Å². The van der Waals surface area contributed by atoms with Crippen LogP contribution >= 0.6 is 0 Å². The number of rotatable bonds is 5. The van der Waals surface area contributed by atoms with Crippen LogP contribution in [0.15, 0.2) is 6.33 Å². The maximum Gasteiger partial charge on any atom is 0.288 e. The third kappa shape index (κ3) is 2.83. The molecule has 0 fully saturated rings. The van der Waals surface area contributed by atoms with E-state index in [1.165, 1.54) is 6.33 Å².